The fraction of sp³-hybridized carbons (Fsp3) is 0.130. The van der Waals surface area contributed by atoms with Crippen molar-refractivity contribution >= 4 is 22.7 Å². The highest BCUT2D eigenvalue weighted by Crippen LogP contribution is 2.32. The fourth-order valence-corrected chi connectivity index (χ4v) is 4.24. The Morgan fingerprint density at radius 2 is 1.69 bits per heavy atom. The Kier molecular flexibility index (Phi) is 4.81. The van der Waals surface area contributed by atoms with Crippen LogP contribution in [0, 0.1) is 12.7 Å². The van der Waals surface area contributed by atoms with E-state index in [1.165, 1.54) is 39.1 Å². The van der Waals surface area contributed by atoms with Crippen LogP contribution < -0.4 is 0 Å². The minimum absolute atomic E-state index is 0.194. The molecule has 26 heavy (non-hydrogen) atoms. The summed E-state index contributed by atoms with van der Waals surface area (Å²) < 4.78 is 15.4. The Hall–Kier alpha value is -2.52. The zero-order valence-corrected chi connectivity index (χ0v) is 15.5. The van der Waals surface area contributed by atoms with E-state index in [1.54, 1.807) is 0 Å². The van der Waals surface area contributed by atoms with Gasteiger partial charge < -0.3 is 4.57 Å². The van der Waals surface area contributed by atoms with Gasteiger partial charge in [-0.05, 0) is 36.2 Å². The van der Waals surface area contributed by atoms with Crippen LogP contribution in [-0.2, 0) is 12.3 Å². The van der Waals surface area contributed by atoms with Gasteiger partial charge in [-0.2, -0.15) is 0 Å². The number of para-hydroxylation sites is 1. The summed E-state index contributed by atoms with van der Waals surface area (Å²) in [6, 6.07) is 23.9. The maximum Gasteiger partial charge on any atom is 0.123 e. The van der Waals surface area contributed by atoms with Gasteiger partial charge in [-0.25, -0.2) is 4.39 Å². The second-order valence-electron chi connectivity index (χ2n) is 6.54. The molecule has 0 N–H and O–H groups in total. The van der Waals surface area contributed by atoms with Crippen LogP contribution in [-0.4, -0.2) is 4.57 Å². The largest absolute Gasteiger partial charge is 0.342 e. The number of aryl methyl sites for hydroxylation is 1. The summed E-state index contributed by atoms with van der Waals surface area (Å²) >= 11 is 1.86. The third-order valence-corrected chi connectivity index (χ3v) is 5.61. The average Bonchev–Trinajstić information content (AvgIpc) is 3.00. The Labute approximate surface area is 157 Å². The average molecular weight is 361 g/mol. The van der Waals surface area contributed by atoms with Gasteiger partial charge in [0.1, 0.15) is 5.82 Å². The predicted molar refractivity (Wildman–Crippen MR) is 108 cm³/mol. The molecule has 3 aromatic carbocycles. The van der Waals surface area contributed by atoms with E-state index in [2.05, 4.69) is 66.2 Å². The zero-order valence-electron chi connectivity index (χ0n) is 14.7. The summed E-state index contributed by atoms with van der Waals surface area (Å²) in [5.41, 5.74) is 4.94. The third kappa shape index (κ3) is 3.68. The number of hydrogen-bond acceptors (Lipinski definition) is 1. The van der Waals surface area contributed by atoms with Crippen molar-refractivity contribution in [2.75, 3.05) is 0 Å². The molecule has 0 amide bonds. The van der Waals surface area contributed by atoms with Crippen molar-refractivity contribution in [3.8, 4) is 0 Å². The minimum Gasteiger partial charge on any atom is -0.342 e. The van der Waals surface area contributed by atoms with Crippen molar-refractivity contribution in [2.45, 2.75) is 24.1 Å². The molecule has 0 unspecified atom stereocenters. The molecule has 1 nitrogen and oxygen atoms in total. The first-order chi connectivity index (χ1) is 12.7. The van der Waals surface area contributed by atoms with Gasteiger partial charge in [-0.1, -0.05) is 60.2 Å². The second kappa shape index (κ2) is 7.38. The molecule has 3 heteroatoms. The second-order valence-corrected chi connectivity index (χ2v) is 7.56. The molecule has 4 aromatic rings. The van der Waals surface area contributed by atoms with Crippen molar-refractivity contribution in [3.05, 3.63) is 102 Å². The summed E-state index contributed by atoms with van der Waals surface area (Å²) in [7, 11) is 0. The van der Waals surface area contributed by atoms with Crippen LogP contribution in [0.25, 0.3) is 10.9 Å². The van der Waals surface area contributed by atoms with Gasteiger partial charge in [-0.3, -0.25) is 0 Å². The number of thioether (sulfide) groups is 1. The van der Waals surface area contributed by atoms with E-state index < -0.39 is 0 Å². The molecule has 1 aromatic heterocycles. The lowest BCUT2D eigenvalue weighted by Crippen LogP contribution is -1.97. The Morgan fingerprint density at radius 3 is 2.50 bits per heavy atom. The van der Waals surface area contributed by atoms with Crippen molar-refractivity contribution in [1.82, 2.24) is 4.57 Å². The van der Waals surface area contributed by atoms with E-state index in [1.807, 2.05) is 23.9 Å². The first kappa shape index (κ1) is 16.9. The Balaban J connectivity index is 1.62. The fourth-order valence-electron chi connectivity index (χ4n) is 3.21. The van der Waals surface area contributed by atoms with Crippen molar-refractivity contribution in [2.24, 2.45) is 0 Å². The van der Waals surface area contributed by atoms with Crippen molar-refractivity contribution in [3.63, 3.8) is 0 Å². The summed E-state index contributed by atoms with van der Waals surface area (Å²) in [6.45, 7) is 2.87. The van der Waals surface area contributed by atoms with Crippen LogP contribution in [0.4, 0.5) is 4.39 Å². The van der Waals surface area contributed by atoms with E-state index >= 15 is 0 Å². The van der Waals surface area contributed by atoms with E-state index in [-0.39, 0.29) is 5.82 Å². The van der Waals surface area contributed by atoms with Crippen molar-refractivity contribution in [1.29, 1.82) is 0 Å². The minimum atomic E-state index is -0.194. The maximum absolute atomic E-state index is 13.2. The Bertz CT molecular complexity index is 1030. The number of halogens is 1. The van der Waals surface area contributed by atoms with Gasteiger partial charge in [0.15, 0.2) is 0 Å². The lowest BCUT2D eigenvalue weighted by atomic mass is 10.2. The molecule has 0 saturated heterocycles. The first-order valence-corrected chi connectivity index (χ1v) is 9.68. The van der Waals surface area contributed by atoms with Gasteiger partial charge in [0, 0.05) is 34.3 Å². The summed E-state index contributed by atoms with van der Waals surface area (Å²) in [5, 5.41) is 1.27. The lowest BCUT2D eigenvalue weighted by molar-refractivity contribution is 0.626. The van der Waals surface area contributed by atoms with E-state index in [0.29, 0.717) is 0 Å². The lowest BCUT2D eigenvalue weighted by Gasteiger charge is -2.05. The molecule has 0 atom stereocenters. The molecule has 0 spiro atoms. The molecule has 0 radical (unpaired) electrons. The van der Waals surface area contributed by atoms with Crippen LogP contribution >= 0.6 is 11.8 Å². The number of benzene rings is 3. The quantitative estimate of drug-likeness (QED) is 0.371. The van der Waals surface area contributed by atoms with Crippen LogP contribution in [0.15, 0.2) is 83.9 Å². The number of aromatic nitrogens is 1. The van der Waals surface area contributed by atoms with Crippen LogP contribution in [0.1, 0.15) is 16.7 Å². The highest BCUT2D eigenvalue weighted by atomic mass is 32.2. The molecule has 0 fully saturated rings. The monoisotopic (exact) mass is 361 g/mol. The molecule has 0 aliphatic rings. The van der Waals surface area contributed by atoms with Gasteiger partial charge >= 0.3 is 0 Å². The van der Waals surface area contributed by atoms with E-state index in [9.17, 15) is 4.39 Å². The van der Waals surface area contributed by atoms with E-state index in [0.717, 1.165) is 17.9 Å². The molecular formula is C23H20FNS. The number of fused-ring (bicyclic) bond motifs is 1. The normalized spacial score (nSPS) is 11.2. The number of nitrogens with zero attached hydrogens (tertiary/aromatic N) is 1. The molecule has 1 heterocycles. The van der Waals surface area contributed by atoms with Gasteiger partial charge in [-0.15, -0.1) is 11.8 Å². The molecule has 0 aliphatic carbocycles. The van der Waals surface area contributed by atoms with Crippen LogP contribution in [0.3, 0.4) is 0 Å². The highest BCUT2D eigenvalue weighted by molar-refractivity contribution is 7.98. The zero-order chi connectivity index (χ0) is 17.9. The van der Waals surface area contributed by atoms with Crippen LogP contribution in [0.5, 0.6) is 0 Å². The summed E-state index contributed by atoms with van der Waals surface area (Å²) in [4.78, 5) is 1.28. The molecule has 0 bridgehead atoms. The Morgan fingerprint density at radius 1 is 0.885 bits per heavy atom. The van der Waals surface area contributed by atoms with Gasteiger partial charge in [0.25, 0.3) is 0 Å². The molecular weight excluding hydrogens is 341 g/mol. The molecule has 130 valence electrons. The standard InChI is InChI=1S/C23H20FNS/c1-17-5-4-6-19(13-17)16-26-23-15-25(22-8-3-2-7-21(22)23)14-18-9-11-20(24)12-10-18/h2-13,15H,14,16H2,1H3. The van der Waals surface area contributed by atoms with Gasteiger partial charge in [0.05, 0.1) is 0 Å². The third-order valence-electron chi connectivity index (χ3n) is 4.50. The predicted octanol–water partition coefficient (Wildman–Crippen LogP) is 6.43. The van der Waals surface area contributed by atoms with E-state index in [4.69, 9.17) is 0 Å². The van der Waals surface area contributed by atoms with Crippen molar-refractivity contribution < 1.29 is 4.39 Å². The van der Waals surface area contributed by atoms with Gasteiger partial charge in [0.2, 0.25) is 0 Å². The molecule has 0 saturated carbocycles. The SMILES string of the molecule is Cc1cccc(CSc2cn(Cc3ccc(F)cc3)c3ccccc23)c1. The maximum atomic E-state index is 13.2. The topological polar surface area (TPSA) is 4.93 Å². The highest BCUT2D eigenvalue weighted by Gasteiger charge is 2.09. The van der Waals surface area contributed by atoms with Crippen LogP contribution in [0.2, 0.25) is 0 Å². The number of rotatable bonds is 5. The molecule has 0 aliphatic heterocycles. The number of hydrogen-bond donors (Lipinski definition) is 0. The smallest absolute Gasteiger partial charge is 0.123 e. The first-order valence-electron chi connectivity index (χ1n) is 8.70. The summed E-state index contributed by atoms with van der Waals surface area (Å²) in [6.07, 6.45) is 2.22. The summed E-state index contributed by atoms with van der Waals surface area (Å²) in [5.74, 6) is 0.757. The molecule has 4 rings (SSSR count).